The Morgan fingerprint density at radius 3 is 2.58 bits per heavy atom. The molecule has 1 aromatic heterocycles. The average Bonchev–Trinajstić information content (AvgIpc) is 3.06. The molecule has 2 heterocycles. The monoisotopic (exact) mass is 394 g/mol. The molecule has 3 nitrogen and oxygen atoms in total. The topological polar surface area (TPSA) is 32.3 Å². The molecule has 2 aromatic rings. The van der Waals surface area contributed by atoms with Gasteiger partial charge in [0.2, 0.25) is 5.91 Å². The molecule has 1 spiro atoms. The Kier molecular flexibility index (Phi) is 6.00. The Hall–Kier alpha value is -1.43. The maximum Gasteiger partial charge on any atom is 0.227 e. The van der Waals surface area contributed by atoms with Crippen molar-refractivity contribution in [3.63, 3.8) is 0 Å². The third-order valence-corrected chi connectivity index (χ3v) is 6.38. The van der Waals surface area contributed by atoms with Gasteiger partial charge in [-0.05, 0) is 77.9 Å². The van der Waals surface area contributed by atoms with Crippen molar-refractivity contribution in [2.45, 2.75) is 38.3 Å². The second kappa shape index (κ2) is 8.07. The second-order valence-electron chi connectivity index (χ2n) is 7.29. The van der Waals surface area contributed by atoms with E-state index in [0.717, 1.165) is 37.9 Å². The zero-order chi connectivity index (χ0) is 17.3. The van der Waals surface area contributed by atoms with Crippen molar-refractivity contribution in [3.05, 3.63) is 58.0 Å². The van der Waals surface area contributed by atoms with Gasteiger partial charge in [0.05, 0.1) is 6.42 Å². The minimum absolute atomic E-state index is 0. The summed E-state index contributed by atoms with van der Waals surface area (Å²) in [6.45, 7) is 2.78. The minimum atomic E-state index is -0.262. The molecule has 1 amide bonds. The Morgan fingerprint density at radius 1 is 1.19 bits per heavy atom. The van der Waals surface area contributed by atoms with E-state index in [1.54, 1.807) is 23.5 Å². The molecule has 1 aliphatic carbocycles. The summed E-state index contributed by atoms with van der Waals surface area (Å²) in [5.74, 6) is -0.111. The molecule has 0 radical (unpaired) electrons. The van der Waals surface area contributed by atoms with Crippen LogP contribution in [0.1, 0.15) is 30.4 Å². The van der Waals surface area contributed by atoms with Crippen molar-refractivity contribution in [2.24, 2.45) is 5.41 Å². The second-order valence-corrected chi connectivity index (χ2v) is 8.07. The predicted octanol–water partition coefficient (Wildman–Crippen LogP) is 4.02. The van der Waals surface area contributed by atoms with Crippen LogP contribution < -0.4 is 5.32 Å². The summed E-state index contributed by atoms with van der Waals surface area (Å²) < 4.78 is 13.1. The lowest BCUT2D eigenvalue weighted by molar-refractivity contribution is -0.132. The van der Waals surface area contributed by atoms with Crippen LogP contribution in [0.15, 0.2) is 41.1 Å². The van der Waals surface area contributed by atoms with Crippen LogP contribution >= 0.6 is 23.7 Å². The van der Waals surface area contributed by atoms with Gasteiger partial charge in [-0.25, -0.2) is 4.39 Å². The summed E-state index contributed by atoms with van der Waals surface area (Å²) in [6, 6.07) is 8.73. The van der Waals surface area contributed by atoms with Gasteiger partial charge in [-0.1, -0.05) is 12.1 Å². The van der Waals surface area contributed by atoms with Crippen molar-refractivity contribution in [1.29, 1.82) is 0 Å². The van der Waals surface area contributed by atoms with Crippen LogP contribution in [0.4, 0.5) is 4.39 Å². The molecular formula is C20H24ClFN2OS. The number of hydrogen-bond acceptors (Lipinski definition) is 3. The van der Waals surface area contributed by atoms with E-state index in [0.29, 0.717) is 24.4 Å². The summed E-state index contributed by atoms with van der Waals surface area (Å²) in [5.41, 5.74) is 2.40. The van der Waals surface area contributed by atoms with Gasteiger partial charge < -0.3 is 10.2 Å². The average molecular weight is 395 g/mol. The highest BCUT2D eigenvalue weighted by molar-refractivity contribution is 7.07. The van der Waals surface area contributed by atoms with Gasteiger partial charge in [-0.15, -0.1) is 12.4 Å². The first-order valence-corrected chi connectivity index (χ1v) is 9.86. The van der Waals surface area contributed by atoms with Crippen LogP contribution in [0.3, 0.4) is 0 Å². The lowest BCUT2D eigenvalue weighted by Crippen LogP contribution is -2.39. The molecule has 2 fully saturated rings. The summed E-state index contributed by atoms with van der Waals surface area (Å²) >= 11 is 1.67. The molecule has 4 rings (SSSR count). The Morgan fingerprint density at radius 2 is 1.92 bits per heavy atom. The number of nitrogens with zero attached hydrogens (tertiary/aromatic N) is 1. The third-order valence-electron chi connectivity index (χ3n) is 5.64. The number of halogens is 2. The van der Waals surface area contributed by atoms with Gasteiger partial charge in [0.25, 0.3) is 0 Å². The van der Waals surface area contributed by atoms with Crippen LogP contribution in [0.5, 0.6) is 0 Å². The maximum atomic E-state index is 13.1. The minimum Gasteiger partial charge on any atom is -0.334 e. The molecule has 1 aromatic carbocycles. The lowest BCUT2D eigenvalue weighted by Gasteiger charge is -2.29. The number of amides is 1. The molecule has 6 heteroatoms. The van der Waals surface area contributed by atoms with Crippen LogP contribution in [-0.4, -0.2) is 29.9 Å². The summed E-state index contributed by atoms with van der Waals surface area (Å²) in [7, 11) is 0. The molecule has 1 saturated heterocycles. The molecule has 1 aliphatic heterocycles. The first-order chi connectivity index (χ1) is 12.2. The van der Waals surface area contributed by atoms with E-state index in [-0.39, 0.29) is 24.1 Å². The van der Waals surface area contributed by atoms with Crippen molar-refractivity contribution in [3.8, 4) is 0 Å². The quantitative estimate of drug-likeness (QED) is 0.830. The number of rotatable bonds is 5. The van der Waals surface area contributed by atoms with Gasteiger partial charge in [-0.3, -0.25) is 4.79 Å². The van der Waals surface area contributed by atoms with Crippen LogP contribution in [0, 0.1) is 11.2 Å². The molecule has 2 aliphatic rings. The van der Waals surface area contributed by atoms with Crippen molar-refractivity contribution in [1.82, 2.24) is 10.2 Å². The molecule has 1 N–H and O–H groups in total. The van der Waals surface area contributed by atoms with Crippen LogP contribution in [0.25, 0.3) is 0 Å². The normalized spacial score (nSPS) is 20.4. The smallest absolute Gasteiger partial charge is 0.227 e. The largest absolute Gasteiger partial charge is 0.334 e. The predicted molar refractivity (Wildman–Crippen MR) is 105 cm³/mol. The number of nitrogens with one attached hydrogen (secondary N) is 1. The zero-order valence-corrected chi connectivity index (χ0v) is 16.3. The summed E-state index contributed by atoms with van der Waals surface area (Å²) in [5, 5.41) is 7.60. The van der Waals surface area contributed by atoms with E-state index in [4.69, 9.17) is 0 Å². The Labute approximate surface area is 164 Å². The van der Waals surface area contributed by atoms with E-state index in [2.05, 4.69) is 27.0 Å². The number of hydrogen-bond donors (Lipinski definition) is 1. The first kappa shape index (κ1) is 19.3. The molecule has 26 heavy (non-hydrogen) atoms. The summed E-state index contributed by atoms with van der Waals surface area (Å²) in [6.07, 6.45) is 3.77. The SMILES string of the molecule is Cl.O=C(Cc1ccc(F)cc1)N(Cc1ccsc1)C1CC12CCNCC2. The standard InChI is InChI=1S/C20H23FN2OS.ClH/c21-17-3-1-15(2-4-17)11-19(24)23(13-16-5-10-25-14-16)18-12-20(18)6-8-22-9-7-20;/h1-5,10,14,18,22H,6-9,11-13H2;1H. The van der Waals surface area contributed by atoms with Gasteiger partial charge in [-0.2, -0.15) is 11.3 Å². The highest BCUT2D eigenvalue weighted by atomic mass is 35.5. The van der Waals surface area contributed by atoms with Crippen LogP contribution in [-0.2, 0) is 17.8 Å². The lowest BCUT2D eigenvalue weighted by atomic mass is 9.93. The van der Waals surface area contributed by atoms with Crippen molar-refractivity contribution < 1.29 is 9.18 Å². The Balaban J connectivity index is 0.00000196. The highest BCUT2D eigenvalue weighted by Crippen LogP contribution is 2.56. The number of thiophene rings is 1. The third kappa shape index (κ3) is 4.11. The van der Waals surface area contributed by atoms with Gasteiger partial charge in [0.15, 0.2) is 0 Å². The fourth-order valence-corrected chi connectivity index (χ4v) is 4.72. The van der Waals surface area contributed by atoms with E-state index >= 15 is 0 Å². The number of piperidine rings is 1. The molecular weight excluding hydrogens is 371 g/mol. The first-order valence-electron chi connectivity index (χ1n) is 8.92. The fourth-order valence-electron chi connectivity index (χ4n) is 4.06. The zero-order valence-electron chi connectivity index (χ0n) is 14.6. The van der Waals surface area contributed by atoms with Crippen molar-refractivity contribution in [2.75, 3.05) is 13.1 Å². The van der Waals surface area contributed by atoms with Crippen LogP contribution in [0.2, 0.25) is 0 Å². The van der Waals surface area contributed by atoms with E-state index in [9.17, 15) is 9.18 Å². The number of carbonyl (C=O) groups is 1. The molecule has 1 saturated carbocycles. The molecule has 1 atom stereocenters. The van der Waals surface area contributed by atoms with E-state index in [1.807, 2.05) is 0 Å². The van der Waals surface area contributed by atoms with Gasteiger partial charge >= 0.3 is 0 Å². The maximum absolute atomic E-state index is 13.1. The van der Waals surface area contributed by atoms with Crippen molar-refractivity contribution >= 4 is 29.7 Å². The molecule has 0 bridgehead atoms. The Bertz CT molecular complexity index is 729. The fraction of sp³-hybridized carbons (Fsp3) is 0.450. The van der Waals surface area contributed by atoms with E-state index in [1.165, 1.54) is 17.7 Å². The highest BCUT2D eigenvalue weighted by Gasteiger charge is 2.57. The van der Waals surface area contributed by atoms with Gasteiger partial charge in [0, 0.05) is 12.6 Å². The molecule has 140 valence electrons. The number of benzene rings is 1. The van der Waals surface area contributed by atoms with Gasteiger partial charge in [0.1, 0.15) is 5.82 Å². The summed E-state index contributed by atoms with van der Waals surface area (Å²) in [4.78, 5) is 15.1. The number of carbonyl (C=O) groups excluding carboxylic acids is 1. The molecule has 1 unspecified atom stereocenters. The van der Waals surface area contributed by atoms with E-state index < -0.39 is 0 Å².